The van der Waals surface area contributed by atoms with Crippen LogP contribution in [0.1, 0.15) is 5.69 Å². The molecule has 84 valence electrons. The molecule has 4 N–H and O–H groups in total. The Morgan fingerprint density at radius 2 is 2.00 bits per heavy atom. The number of nitrogen functional groups attached to an aromatic ring is 1. The molecule has 0 radical (unpaired) electrons. The van der Waals surface area contributed by atoms with Crippen LogP contribution in [-0.2, 0) is 6.54 Å². The van der Waals surface area contributed by atoms with Gasteiger partial charge in [-0.05, 0) is 0 Å². The third-order valence-electron chi connectivity index (χ3n) is 1.46. The van der Waals surface area contributed by atoms with Crippen LogP contribution in [0.3, 0.4) is 0 Å². The molecule has 8 heteroatoms. The third kappa shape index (κ3) is 2.94. The van der Waals surface area contributed by atoms with Crippen LogP contribution in [0.4, 0.5) is 23.2 Å². The van der Waals surface area contributed by atoms with Crippen LogP contribution in [-0.4, -0.2) is 11.3 Å². The molecule has 1 aromatic heterocycles. The molecule has 4 nitrogen and oxygen atoms in total. The Morgan fingerprint density at radius 3 is 2.47 bits per heavy atom. The lowest BCUT2D eigenvalue weighted by atomic mass is 10.3. The lowest BCUT2D eigenvalue weighted by Gasteiger charge is -2.11. The topological polar surface area (TPSA) is 74.2 Å². The van der Waals surface area contributed by atoms with E-state index in [1.165, 1.54) is 0 Å². The van der Waals surface area contributed by atoms with E-state index in [2.05, 4.69) is 9.72 Å². The van der Waals surface area contributed by atoms with Gasteiger partial charge in [-0.25, -0.2) is 4.98 Å². The van der Waals surface area contributed by atoms with Gasteiger partial charge in [0.15, 0.2) is 5.75 Å². The number of pyridine rings is 1. The molecule has 0 aliphatic carbocycles. The monoisotopic (exact) mass is 225 g/mol. The van der Waals surface area contributed by atoms with Gasteiger partial charge in [-0.3, -0.25) is 0 Å². The summed E-state index contributed by atoms with van der Waals surface area (Å²) in [6.07, 6.45) is -4.94. The van der Waals surface area contributed by atoms with Crippen LogP contribution in [0.5, 0.6) is 5.75 Å². The van der Waals surface area contributed by atoms with Gasteiger partial charge in [0.05, 0.1) is 5.69 Å². The van der Waals surface area contributed by atoms with Crippen LogP contribution >= 0.6 is 0 Å². The zero-order chi connectivity index (χ0) is 11.6. The first-order valence-corrected chi connectivity index (χ1v) is 3.74. The van der Waals surface area contributed by atoms with Gasteiger partial charge < -0.3 is 16.2 Å². The molecule has 0 saturated heterocycles. The van der Waals surface area contributed by atoms with E-state index >= 15 is 0 Å². The summed E-state index contributed by atoms with van der Waals surface area (Å²) in [4.78, 5) is 3.22. The Bertz CT molecular complexity index is 366. The van der Waals surface area contributed by atoms with Crippen LogP contribution in [0.2, 0.25) is 0 Å². The van der Waals surface area contributed by atoms with Crippen molar-refractivity contribution < 1.29 is 22.3 Å². The van der Waals surface area contributed by atoms with Crippen molar-refractivity contribution in [1.29, 1.82) is 0 Å². The van der Waals surface area contributed by atoms with Crippen molar-refractivity contribution in [3.8, 4) is 5.75 Å². The smallest absolute Gasteiger partial charge is 0.403 e. The molecule has 0 amide bonds. The van der Waals surface area contributed by atoms with Gasteiger partial charge in [0.25, 0.3) is 0 Å². The van der Waals surface area contributed by atoms with E-state index in [0.717, 1.165) is 6.07 Å². The number of hydrogen-bond acceptors (Lipinski definition) is 4. The molecule has 1 heterocycles. The quantitative estimate of drug-likeness (QED) is 0.585. The van der Waals surface area contributed by atoms with E-state index in [1.807, 2.05) is 0 Å². The second-order valence-corrected chi connectivity index (χ2v) is 2.57. The average molecular weight is 225 g/mol. The van der Waals surface area contributed by atoms with Gasteiger partial charge in [-0.1, -0.05) is 0 Å². The summed E-state index contributed by atoms with van der Waals surface area (Å²) in [5.41, 5.74) is 9.22. The summed E-state index contributed by atoms with van der Waals surface area (Å²) in [6.45, 7) is -0.217. The summed E-state index contributed by atoms with van der Waals surface area (Å²) in [6, 6.07) is 0.839. The molecule has 0 aliphatic heterocycles. The first-order valence-electron chi connectivity index (χ1n) is 3.74. The number of anilines is 1. The molecule has 0 bridgehead atoms. The maximum absolute atomic E-state index is 12.9. The standard InChI is InChI=1S/C7H7F4N3O/c8-6-5(13)4(15-7(9,10)11)1-3(2-12)14-6/h1H,2,12-13H2. The number of nitrogens with zero attached hydrogens (tertiary/aromatic N) is 1. The highest BCUT2D eigenvalue weighted by molar-refractivity contribution is 5.52. The Kier molecular flexibility index (Phi) is 2.98. The number of rotatable bonds is 2. The van der Waals surface area contributed by atoms with E-state index in [-0.39, 0.29) is 12.2 Å². The maximum atomic E-state index is 12.9. The zero-order valence-corrected chi connectivity index (χ0v) is 7.31. The molecule has 0 aromatic carbocycles. The molecular weight excluding hydrogens is 218 g/mol. The zero-order valence-electron chi connectivity index (χ0n) is 7.31. The predicted octanol–water partition coefficient (Wildman–Crippen LogP) is 1.16. The average Bonchev–Trinajstić information content (AvgIpc) is 2.10. The summed E-state index contributed by atoms with van der Waals surface area (Å²) < 4.78 is 51.9. The molecule has 0 saturated carbocycles. The summed E-state index contributed by atoms with van der Waals surface area (Å²) >= 11 is 0. The highest BCUT2D eigenvalue weighted by Crippen LogP contribution is 2.29. The molecule has 1 rings (SSSR count). The van der Waals surface area contributed by atoms with Crippen LogP contribution in [0.15, 0.2) is 6.07 Å². The van der Waals surface area contributed by atoms with Crippen LogP contribution in [0.25, 0.3) is 0 Å². The number of halogens is 4. The Balaban J connectivity index is 3.11. The van der Waals surface area contributed by atoms with Crippen molar-refractivity contribution in [2.45, 2.75) is 12.9 Å². The lowest BCUT2D eigenvalue weighted by molar-refractivity contribution is -0.274. The summed E-state index contributed by atoms with van der Waals surface area (Å²) in [7, 11) is 0. The number of alkyl halides is 3. The van der Waals surface area contributed by atoms with Gasteiger partial charge in [-0.15, -0.1) is 13.2 Å². The molecule has 0 aliphatic rings. The van der Waals surface area contributed by atoms with Crippen LogP contribution in [0, 0.1) is 5.95 Å². The van der Waals surface area contributed by atoms with E-state index in [1.54, 1.807) is 0 Å². The maximum Gasteiger partial charge on any atom is 0.573 e. The molecule has 0 spiro atoms. The molecule has 1 aromatic rings. The van der Waals surface area contributed by atoms with Gasteiger partial charge in [0, 0.05) is 12.6 Å². The number of aromatic nitrogens is 1. The normalized spacial score (nSPS) is 11.5. The third-order valence-corrected chi connectivity index (χ3v) is 1.46. The molecule has 0 fully saturated rings. The number of nitrogens with two attached hydrogens (primary N) is 2. The second kappa shape index (κ2) is 3.89. The number of ether oxygens (including phenoxy) is 1. The SMILES string of the molecule is NCc1cc(OC(F)(F)F)c(N)c(F)n1. The Hall–Kier alpha value is -1.57. The fourth-order valence-corrected chi connectivity index (χ4v) is 0.863. The van der Waals surface area contributed by atoms with Crippen molar-refractivity contribution in [3.63, 3.8) is 0 Å². The largest absolute Gasteiger partial charge is 0.573 e. The molecule has 15 heavy (non-hydrogen) atoms. The van der Waals surface area contributed by atoms with Gasteiger partial charge in [-0.2, -0.15) is 4.39 Å². The fraction of sp³-hybridized carbons (Fsp3) is 0.286. The first kappa shape index (κ1) is 11.5. The van der Waals surface area contributed by atoms with Crippen molar-refractivity contribution >= 4 is 5.69 Å². The van der Waals surface area contributed by atoms with E-state index in [9.17, 15) is 17.6 Å². The van der Waals surface area contributed by atoms with Crippen molar-refractivity contribution in [2.75, 3.05) is 5.73 Å². The van der Waals surface area contributed by atoms with E-state index in [4.69, 9.17) is 11.5 Å². The summed E-state index contributed by atoms with van der Waals surface area (Å²) in [5.74, 6) is -2.08. The minimum atomic E-state index is -4.94. The fourth-order valence-electron chi connectivity index (χ4n) is 0.863. The predicted molar refractivity (Wildman–Crippen MR) is 43.2 cm³/mol. The summed E-state index contributed by atoms with van der Waals surface area (Å²) in [5, 5.41) is 0. The number of hydrogen-bond donors (Lipinski definition) is 2. The van der Waals surface area contributed by atoms with Gasteiger partial charge in [0.1, 0.15) is 5.69 Å². The Morgan fingerprint density at radius 1 is 1.40 bits per heavy atom. The van der Waals surface area contributed by atoms with Crippen molar-refractivity contribution in [1.82, 2.24) is 4.98 Å². The van der Waals surface area contributed by atoms with E-state index < -0.39 is 23.7 Å². The van der Waals surface area contributed by atoms with Gasteiger partial charge in [0.2, 0.25) is 5.95 Å². The van der Waals surface area contributed by atoms with Crippen molar-refractivity contribution in [3.05, 3.63) is 17.7 Å². The Labute approximate surface area is 81.8 Å². The minimum Gasteiger partial charge on any atom is -0.403 e. The highest BCUT2D eigenvalue weighted by Gasteiger charge is 2.32. The molecular formula is C7H7F4N3O. The van der Waals surface area contributed by atoms with Crippen molar-refractivity contribution in [2.24, 2.45) is 5.73 Å². The first-order chi connectivity index (χ1) is 6.83. The molecule has 0 atom stereocenters. The molecule has 0 unspecified atom stereocenters. The minimum absolute atomic E-state index is 0.0825. The second-order valence-electron chi connectivity index (χ2n) is 2.57. The highest BCUT2D eigenvalue weighted by atomic mass is 19.4. The van der Waals surface area contributed by atoms with Gasteiger partial charge >= 0.3 is 6.36 Å². The van der Waals surface area contributed by atoms with E-state index in [0.29, 0.717) is 0 Å². The lowest BCUT2D eigenvalue weighted by Crippen LogP contribution is -2.19. The van der Waals surface area contributed by atoms with Crippen LogP contribution < -0.4 is 16.2 Å².